The van der Waals surface area contributed by atoms with Crippen molar-refractivity contribution >= 4 is 33.2 Å². The molecule has 1 aliphatic heterocycles. The molecule has 1 amide bonds. The lowest BCUT2D eigenvalue weighted by Gasteiger charge is -2.18. The van der Waals surface area contributed by atoms with Gasteiger partial charge < -0.3 is 10.1 Å². The van der Waals surface area contributed by atoms with E-state index in [0.717, 1.165) is 24.3 Å². The molecule has 0 spiro atoms. The maximum Gasteiger partial charge on any atom is 0.422 e. The Bertz CT molecular complexity index is 1080. The third-order valence-corrected chi connectivity index (χ3v) is 6.97. The Hall–Kier alpha value is -2.37. The van der Waals surface area contributed by atoms with Crippen molar-refractivity contribution in [1.82, 2.24) is 4.31 Å². The zero-order valence-corrected chi connectivity index (χ0v) is 18.2. The number of sulfonamides is 1. The first-order chi connectivity index (χ1) is 15.0. The third-order valence-electron chi connectivity index (χ3n) is 4.72. The van der Waals surface area contributed by atoms with Gasteiger partial charge in [-0.2, -0.15) is 17.5 Å². The highest BCUT2D eigenvalue weighted by molar-refractivity contribution is 7.89. The van der Waals surface area contributed by atoms with Crippen LogP contribution in [0.3, 0.4) is 0 Å². The molecule has 0 atom stereocenters. The van der Waals surface area contributed by atoms with Crippen LogP contribution in [0.15, 0.2) is 41.3 Å². The summed E-state index contributed by atoms with van der Waals surface area (Å²) in [7, 11) is -3.91. The van der Waals surface area contributed by atoms with Crippen molar-refractivity contribution in [2.24, 2.45) is 0 Å². The quantitative estimate of drug-likeness (QED) is 0.579. The Labute approximate surface area is 187 Å². The summed E-state index contributed by atoms with van der Waals surface area (Å²) in [6.07, 6.45) is -3.78. The third kappa shape index (κ3) is 5.90. The summed E-state index contributed by atoms with van der Waals surface area (Å²) in [4.78, 5) is 12.3. The van der Waals surface area contributed by atoms with Gasteiger partial charge >= 0.3 is 6.18 Å². The number of alkyl halides is 3. The van der Waals surface area contributed by atoms with Gasteiger partial charge in [-0.25, -0.2) is 12.8 Å². The number of hydrogen-bond acceptors (Lipinski definition) is 4. The van der Waals surface area contributed by atoms with E-state index >= 15 is 0 Å². The molecule has 174 valence electrons. The molecule has 12 heteroatoms. The summed E-state index contributed by atoms with van der Waals surface area (Å²) >= 11 is 5.91. The minimum Gasteiger partial charge on any atom is -0.482 e. The minimum absolute atomic E-state index is 0.000873. The molecule has 6 nitrogen and oxygen atoms in total. The van der Waals surface area contributed by atoms with Gasteiger partial charge in [0.25, 0.3) is 0 Å². The van der Waals surface area contributed by atoms with Crippen LogP contribution in [0.2, 0.25) is 5.02 Å². The van der Waals surface area contributed by atoms with Crippen LogP contribution in [0.5, 0.6) is 5.75 Å². The van der Waals surface area contributed by atoms with Gasteiger partial charge in [-0.3, -0.25) is 4.79 Å². The maximum absolute atomic E-state index is 14.0. The van der Waals surface area contributed by atoms with Crippen LogP contribution in [-0.4, -0.2) is 44.5 Å². The zero-order chi connectivity index (χ0) is 23.5. The number of benzene rings is 2. The smallest absolute Gasteiger partial charge is 0.422 e. The predicted octanol–water partition coefficient (Wildman–Crippen LogP) is 4.39. The van der Waals surface area contributed by atoms with E-state index in [9.17, 15) is 30.8 Å². The number of hydrogen-bond donors (Lipinski definition) is 1. The first-order valence-electron chi connectivity index (χ1n) is 9.54. The lowest BCUT2D eigenvalue weighted by atomic mass is 10.1. The van der Waals surface area contributed by atoms with E-state index in [1.807, 2.05) is 0 Å². The summed E-state index contributed by atoms with van der Waals surface area (Å²) in [5.41, 5.74) is -0.391. The molecule has 0 radical (unpaired) electrons. The largest absolute Gasteiger partial charge is 0.482 e. The molecule has 0 saturated carbocycles. The maximum atomic E-state index is 14.0. The molecule has 1 fully saturated rings. The molecule has 1 N–H and O–H groups in total. The van der Waals surface area contributed by atoms with E-state index < -0.39 is 41.0 Å². The lowest BCUT2D eigenvalue weighted by Crippen LogP contribution is -2.28. The van der Waals surface area contributed by atoms with Gasteiger partial charge in [-0.05, 0) is 43.2 Å². The van der Waals surface area contributed by atoms with Gasteiger partial charge in [-0.1, -0.05) is 17.7 Å². The van der Waals surface area contributed by atoms with E-state index in [1.54, 1.807) is 0 Å². The van der Waals surface area contributed by atoms with E-state index in [0.29, 0.717) is 25.9 Å². The van der Waals surface area contributed by atoms with Gasteiger partial charge in [0.05, 0.1) is 17.0 Å². The first kappa shape index (κ1) is 24.3. The number of ether oxygens (including phenoxy) is 1. The fraction of sp³-hybridized carbons (Fsp3) is 0.350. The average Bonchev–Trinajstić information content (AvgIpc) is 3.25. The Balaban J connectivity index is 1.90. The van der Waals surface area contributed by atoms with Crippen molar-refractivity contribution in [3.63, 3.8) is 0 Å². The van der Waals surface area contributed by atoms with E-state index in [2.05, 4.69) is 5.32 Å². The van der Waals surface area contributed by atoms with Gasteiger partial charge in [0, 0.05) is 23.7 Å². The summed E-state index contributed by atoms with van der Waals surface area (Å²) in [6, 6.07) is 7.03. The van der Waals surface area contributed by atoms with Crippen LogP contribution in [0.25, 0.3) is 0 Å². The fourth-order valence-electron chi connectivity index (χ4n) is 3.19. The molecule has 0 bridgehead atoms. The average molecular weight is 495 g/mol. The summed E-state index contributed by atoms with van der Waals surface area (Å²) in [5.74, 6) is -1.92. The molecule has 3 rings (SSSR count). The van der Waals surface area contributed by atoms with Gasteiger partial charge in [0.2, 0.25) is 15.9 Å². The highest BCUT2D eigenvalue weighted by Gasteiger charge is 2.31. The van der Waals surface area contributed by atoms with Crippen LogP contribution >= 0.6 is 11.6 Å². The Morgan fingerprint density at radius 1 is 1.16 bits per heavy atom. The molecule has 2 aromatic rings. The molecule has 1 saturated heterocycles. The molecule has 2 aromatic carbocycles. The standard InChI is InChI=1S/C20H19ClF4N2O4S/c21-15-4-3-5-16(22)14(15)11-19(28)26-17-10-13(32(29,30)27-8-1-2-9-27)6-7-18(17)31-12-20(23,24)25/h3-7,10H,1-2,8-9,11-12H2,(H,26,28). The van der Waals surface area contributed by atoms with Crippen LogP contribution in [-0.2, 0) is 21.2 Å². The van der Waals surface area contributed by atoms with E-state index in [1.165, 1.54) is 16.4 Å². The molecule has 32 heavy (non-hydrogen) atoms. The first-order valence-corrected chi connectivity index (χ1v) is 11.4. The van der Waals surface area contributed by atoms with Crippen molar-refractivity contribution < 1.29 is 35.5 Å². The summed E-state index contributed by atoms with van der Waals surface area (Å²) in [6.45, 7) is -1.00. The van der Waals surface area contributed by atoms with Crippen molar-refractivity contribution in [2.75, 3.05) is 25.0 Å². The lowest BCUT2D eigenvalue weighted by molar-refractivity contribution is -0.153. The number of anilines is 1. The Morgan fingerprint density at radius 2 is 1.84 bits per heavy atom. The Kier molecular flexibility index (Phi) is 7.31. The highest BCUT2D eigenvalue weighted by atomic mass is 35.5. The molecular weight excluding hydrogens is 476 g/mol. The number of halogens is 5. The normalized spacial score (nSPS) is 15.0. The predicted molar refractivity (Wildman–Crippen MR) is 110 cm³/mol. The van der Waals surface area contributed by atoms with Crippen molar-refractivity contribution in [3.8, 4) is 5.75 Å². The number of carbonyl (C=O) groups is 1. The zero-order valence-electron chi connectivity index (χ0n) is 16.6. The molecule has 0 aromatic heterocycles. The molecule has 1 aliphatic rings. The summed E-state index contributed by atoms with van der Waals surface area (Å²) in [5, 5.41) is 2.31. The Morgan fingerprint density at radius 3 is 2.47 bits per heavy atom. The van der Waals surface area contributed by atoms with Gasteiger partial charge in [0.15, 0.2) is 6.61 Å². The molecule has 1 heterocycles. The summed E-state index contributed by atoms with van der Waals surface area (Å²) < 4.78 is 83.4. The topological polar surface area (TPSA) is 75.7 Å². The molecule has 0 unspecified atom stereocenters. The van der Waals surface area contributed by atoms with Crippen LogP contribution in [0.4, 0.5) is 23.2 Å². The van der Waals surface area contributed by atoms with Crippen LogP contribution in [0, 0.1) is 5.82 Å². The van der Waals surface area contributed by atoms with Crippen LogP contribution < -0.4 is 10.1 Å². The second-order valence-electron chi connectivity index (χ2n) is 7.10. The second kappa shape index (κ2) is 9.63. The van der Waals surface area contributed by atoms with Crippen molar-refractivity contribution in [1.29, 1.82) is 0 Å². The van der Waals surface area contributed by atoms with E-state index in [4.69, 9.17) is 16.3 Å². The molecular formula is C20H19ClF4N2O4S. The number of carbonyl (C=O) groups excluding carboxylic acids is 1. The number of amides is 1. The highest BCUT2D eigenvalue weighted by Crippen LogP contribution is 2.32. The molecule has 0 aliphatic carbocycles. The number of nitrogens with one attached hydrogen (secondary N) is 1. The SMILES string of the molecule is O=C(Cc1c(F)cccc1Cl)Nc1cc(S(=O)(=O)N2CCCC2)ccc1OCC(F)(F)F. The van der Waals surface area contributed by atoms with Gasteiger partial charge in [-0.15, -0.1) is 0 Å². The second-order valence-corrected chi connectivity index (χ2v) is 9.44. The van der Waals surface area contributed by atoms with Gasteiger partial charge in [0.1, 0.15) is 11.6 Å². The minimum atomic E-state index is -4.65. The van der Waals surface area contributed by atoms with Crippen LogP contribution in [0.1, 0.15) is 18.4 Å². The number of rotatable bonds is 7. The van der Waals surface area contributed by atoms with Crippen molar-refractivity contribution in [2.45, 2.75) is 30.3 Å². The van der Waals surface area contributed by atoms with Crippen molar-refractivity contribution in [3.05, 3.63) is 52.8 Å². The fourth-order valence-corrected chi connectivity index (χ4v) is 4.96. The monoisotopic (exact) mass is 494 g/mol. The number of nitrogens with zero attached hydrogens (tertiary/aromatic N) is 1. The van der Waals surface area contributed by atoms with E-state index in [-0.39, 0.29) is 26.9 Å².